The summed E-state index contributed by atoms with van der Waals surface area (Å²) in [7, 11) is 0. The van der Waals surface area contributed by atoms with E-state index in [0.29, 0.717) is 11.1 Å². The minimum Gasteiger partial charge on any atom is -0.309 e. The monoisotopic (exact) mass is 699 g/mol. The van der Waals surface area contributed by atoms with Crippen molar-refractivity contribution >= 4 is 65.4 Å². The third-order valence-electron chi connectivity index (χ3n) is 11.1. The molecule has 11 aromatic rings. The minimum atomic E-state index is 0.582. The Kier molecular flexibility index (Phi) is 6.61. The average Bonchev–Trinajstić information content (AvgIpc) is 3.89. The van der Waals surface area contributed by atoms with E-state index in [2.05, 4.69) is 165 Å². The molecule has 5 nitrogen and oxygen atoms in total. The lowest BCUT2D eigenvalue weighted by Gasteiger charge is -2.14. The van der Waals surface area contributed by atoms with Gasteiger partial charge in [-0.15, -0.1) is 0 Å². The quantitative estimate of drug-likeness (QED) is 0.184. The van der Waals surface area contributed by atoms with Crippen molar-refractivity contribution in [3.63, 3.8) is 0 Å². The fourth-order valence-electron chi connectivity index (χ4n) is 8.77. The van der Waals surface area contributed by atoms with E-state index in [0.717, 1.165) is 61.0 Å². The van der Waals surface area contributed by atoms with Crippen molar-refractivity contribution in [2.45, 2.75) is 0 Å². The second-order valence-corrected chi connectivity index (χ2v) is 14.0. The lowest BCUT2D eigenvalue weighted by atomic mass is 9.98. The first kappa shape index (κ1) is 30.7. The molecule has 0 spiro atoms. The molecule has 0 saturated heterocycles. The van der Waals surface area contributed by atoms with Crippen LogP contribution in [-0.4, -0.2) is 13.7 Å². The Hall–Kier alpha value is -7.86. The second-order valence-electron chi connectivity index (χ2n) is 14.0. The maximum atomic E-state index is 10.4. The van der Waals surface area contributed by atoms with E-state index in [-0.39, 0.29) is 0 Å². The number of aromatic nitrogens is 3. The van der Waals surface area contributed by atoms with Crippen LogP contribution in [0.5, 0.6) is 0 Å². The smallest absolute Gasteiger partial charge is 0.101 e. The van der Waals surface area contributed by atoms with Gasteiger partial charge in [0.2, 0.25) is 0 Å². The summed E-state index contributed by atoms with van der Waals surface area (Å²) in [5, 5.41) is 27.5. The van der Waals surface area contributed by atoms with Crippen LogP contribution < -0.4 is 0 Å². The molecule has 8 aromatic carbocycles. The highest BCUT2D eigenvalue weighted by atomic mass is 15.0. The summed E-state index contributed by atoms with van der Waals surface area (Å²) in [6, 6.07) is 66.0. The van der Waals surface area contributed by atoms with Gasteiger partial charge < -0.3 is 13.7 Å². The summed E-state index contributed by atoms with van der Waals surface area (Å²) in [5.41, 5.74) is 12.3. The number of nitrogens with zero attached hydrogens (tertiary/aromatic N) is 5. The first-order valence-corrected chi connectivity index (χ1v) is 18.3. The van der Waals surface area contributed by atoms with Gasteiger partial charge in [-0.1, -0.05) is 103 Å². The summed E-state index contributed by atoms with van der Waals surface area (Å²) in [4.78, 5) is 0. The van der Waals surface area contributed by atoms with Gasteiger partial charge in [0.25, 0.3) is 0 Å². The Labute approximate surface area is 316 Å². The number of fused-ring (bicyclic) bond motifs is 9. The number of benzene rings is 8. The van der Waals surface area contributed by atoms with E-state index < -0.39 is 0 Å². The van der Waals surface area contributed by atoms with Gasteiger partial charge in [-0.05, 0) is 78.4 Å². The Bertz CT molecular complexity index is 3420. The highest BCUT2D eigenvalue weighted by Gasteiger charge is 2.19. The van der Waals surface area contributed by atoms with E-state index >= 15 is 0 Å². The Morgan fingerprint density at radius 2 is 0.800 bits per heavy atom. The summed E-state index contributed by atoms with van der Waals surface area (Å²) >= 11 is 0. The normalized spacial score (nSPS) is 11.6. The second kappa shape index (κ2) is 11.8. The van der Waals surface area contributed by atoms with Crippen LogP contribution in [0.4, 0.5) is 0 Å². The maximum absolute atomic E-state index is 10.4. The molecule has 55 heavy (non-hydrogen) atoms. The first-order valence-electron chi connectivity index (χ1n) is 18.3. The van der Waals surface area contributed by atoms with Gasteiger partial charge in [0, 0.05) is 54.9 Å². The predicted molar refractivity (Wildman–Crippen MR) is 224 cm³/mol. The van der Waals surface area contributed by atoms with E-state index in [1.165, 1.54) is 32.6 Å². The largest absolute Gasteiger partial charge is 0.309 e. The molecule has 0 bridgehead atoms. The molecule has 0 N–H and O–H groups in total. The Balaban J connectivity index is 1.13. The third kappa shape index (κ3) is 4.45. The van der Waals surface area contributed by atoms with Crippen molar-refractivity contribution in [3.05, 3.63) is 187 Å². The van der Waals surface area contributed by atoms with Crippen LogP contribution in [0.3, 0.4) is 0 Å². The average molecular weight is 700 g/mol. The zero-order valence-electron chi connectivity index (χ0n) is 29.5. The van der Waals surface area contributed by atoms with Gasteiger partial charge in [0.15, 0.2) is 0 Å². The zero-order chi connectivity index (χ0) is 36.6. The predicted octanol–water partition coefficient (Wildman–Crippen LogP) is 12.4. The topological polar surface area (TPSA) is 62.4 Å². The fraction of sp³-hybridized carbons (Fsp3) is 0. The van der Waals surface area contributed by atoms with Crippen LogP contribution in [0.15, 0.2) is 176 Å². The molecule has 3 heterocycles. The molecule has 0 atom stereocenters. The Morgan fingerprint density at radius 1 is 0.327 bits per heavy atom. The number of hydrogen-bond donors (Lipinski definition) is 0. The maximum Gasteiger partial charge on any atom is 0.101 e. The molecule has 5 heteroatoms. The SMILES string of the molecule is N#Cc1ccc(-n2c3ccccc3c3cccc(C#N)c32)cc1-c1cccc(-n2c3ccccc3c3ccc(-n4c5ccccc5c5ccccc54)cc32)c1. The number of rotatable bonds is 4. The van der Waals surface area contributed by atoms with Crippen molar-refractivity contribution in [1.82, 2.24) is 13.7 Å². The zero-order valence-corrected chi connectivity index (χ0v) is 29.5. The lowest BCUT2D eigenvalue weighted by Crippen LogP contribution is -1.99. The van der Waals surface area contributed by atoms with Crippen molar-refractivity contribution in [1.29, 1.82) is 10.5 Å². The van der Waals surface area contributed by atoms with Crippen LogP contribution in [0.25, 0.3) is 93.6 Å². The lowest BCUT2D eigenvalue weighted by molar-refractivity contribution is 1.15. The molecule has 0 aliphatic rings. The minimum absolute atomic E-state index is 0.582. The van der Waals surface area contributed by atoms with Gasteiger partial charge in [-0.25, -0.2) is 0 Å². The van der Waals surface area contributed by atoms with Crippen LogP contribution in [0, 0.1) is 22.7 Å². The van der Waals surface area contributed by atoms with Crippen LogP contribution >= 0.6 is 0 Å². The van der Waals surface area contributed by atoms with Gasteiger partial charge >= 0.3 is 0 Å². The number of hydrogen-bond acceptors (Lipinski definition) is 2. The summed E-state index contributed by atoms with van der Waals surface area (Å²) in [5.74, 6) is 0. The van der Waals surface area contributed by atoms with Gasteiger partial charge in [0.05, 0.1) is 50.3 Å². The highest BCUT2D eigenvalue weighted by Crippen LogP contribution is 2.39. The molecule has 0 aliphatic heterocycles. The van der Waals surface area contributed by atoms with Crippen LogP contribution in [-0.2, 0) is 0 Å². The molecule has 11 rings (SSSR count). The molecule has 0 amide bonds. The van der Waals surface area contributed by atoms with E-state index in [9.17, 15) is 10.5 Å². The molecule has 0 fully saturated rings. The molecule has 0 unspecified atom stereocenters. The fourth-order valence-corrected chi connectivity index (χ4v) is 8.77. The molecule has 0 radical (unpaired) electrons. The molecule has 0 aliphatic carbocycles. The van der Waals surface area contributed by atoms with Crippen LogP contribution in [0.2, 0.25) is 0 Å². The van der Waals surface area contributed by atoms with E-state index in [1.54, 1.807) is 0 Å². The van der Waals surface area contributed by atoms with Crippen molar-refractivity contribution in [2.75, 3.05) is 0 Å². The van der Waals surface area contributed by atoms with Crippen molar-refractivity contribution in [2.24, 2.45) is 0 Å². The molecule has 3 aromatic heterocycles. The Morgan fingerprint density at radius 3 is 1.44 bits per heavy atom. The standard InChI is InChI=1S/C50H29N5/c51-30-33-23-24-36(55-48-22-8-4-17-41(48)43-18-10-12-34(31-52)50(43)55)28-44(33)32-11-9-13-35(27-32)54-47-21-7-3-16-40(47)42-26-25-37(29-49(42)54)53-45-19-5-1-14-38(45)39-15-2-6-20-46(39)53/h1-29H. The van der Waals surface area contributed by atoms with Gasteiger partial charge in [-0.2, -0.15) is 10.5 Å². The van der Waals surface area contributed by atoms with Gasteiger partial charge in [0.1, 0.15) is 6.07 Å². The third-order valence-corrected chi connectivity index (χ3v) is 11.1. The molecule has 0 saturated carbocycles. The molecular weight excluding hydrogens is 671 g/mol. The highest BCUT2D eigenvalue weighted by molar-refractivity contribution is 6.13. The first-order chi connectivity index (χ1) is 27.2. The van der Waals surface area contributed by atoms with Crippen LogP contribution in [0.1, 0.15) is 11.1 Å². The summed E-state index contributed by atoms with van der Waals surface area (Å²) in [6.45, 7) is 0. The molecule has 254 valence electrons. The summed E-state index contributed by atoms with van der Waals surface area (Å²) in [6.07, 6.45) is 0. The van der Waals surface area contributed by atoms with Crippen molar-refractivity contribution < 1.29 is 0 Å². The van der Waals surface area contributed by atoms with E-state index in [1.807, 2.05) is 36.4 Å². The summed E-state index contributed by atoms with van der Waals surface area (Å²) < 4.78 is 6.86. The van der Waals surface area contributed by atoms with E-state index in [4.69, 9.17) is 0 Å². The number of para-hydroxylation sites is 5. The number of nitriles is 2. The molecular formula is C50H29N5. The van der Waals surface area contributed by atoms with Crippen molar-refractivity contribution in [3.8, 4) is 40.3 Å². The van der Waals surface area contributed by atoms with Gasteiger partial charge in [-0.3, -0.25) is 0 Å².